The lowest BCUT2D eigenvalue weighted by Crippen LogP contribution is -2.42. The number of aromatic nitrogens is 1. The van der Waals surface area contributed by atoms with Gasteiger partial charge in [-0.05, 0) is 80.9 Å². The van der Waals surface area contributed by atoms with Crippen molar-refractivity contribution in [3.63, 3.8) is 0 Å². The van der Waals surface area contributed by atoms with E-state index in [4.69, 9.17) is 16.3 Å². The second-order valence-electron chi connectivity index (χ2n) is 10.8. The van der Waals surface area contributed by atoms with E-state index in [0.717, 1.165) is 6.07 Å². The summed E-state index contributed by atoms with van der Waals surface area (Å²) < 4.78 is 59.6. The summed E-state index contributed by atoms with van der Waals surface area (Å²) in [4.78, 5) is 38.3. The second-order valence-corrected chi connectivity index (χ2v) is 11.3. The van der Waals surface area contributed by atoms with Crippen molar-refractivity contribution in [1.29, 1.82) is 0 Å². The van der Waals surface area contributed by atoms with Gasteiger partial charge in [0.15, 0.2) is 24.8 Å². The molecule has 3 aromatic carbocycles. The first kappa shape index (κ1) is 34.5. The highest BCUT2D eigenvalue weighted by Gasteiger charge is 2.32. The second kappa shape index (κ2) is 13.9. The van der Waals surface area contributed by atoms with Crippen LogP contribution >= 0.6 is 11.6 Å². The van der Waals surface area contributed by atoms with Crippen molar-refractivity contribution in [2.45, 2.75) is 32.5 Å². The first-order valence-electron chi connectivity index (χ1n) is 13.8. The number of benzene rings is 3. The average molecular weight is 668 g/mol. The molecule has 8 nitrogen and oxygen atoms in total. The Balaban J connectivity index is 1.42. The monoisotopic (exact) mass is 667 g/mol. The van der Waals surface area contributed by atoms with Gasteiger partial charge in [0.2, 0.25) is 0 Å². The van der Waals surface area contributed by atoms with Gasteiger partial charge in [-0.25, -0.2) is 4.39 Å². The molecule has 0 spiro atoms. The Bertz CT molecular complexity index is 1920. The molecule has 242 valence electrons. The van der Waals surface area contributed by atoms with Crippen molar-refractivity contribution < 1.29 is 41.4 Å². The molecule has 2 N–H and O–H groups in total. The van der Waals surface area contributed by atoms with Gasteiger partial charge in [0, 0.05) is 34.0 Å². The van der Waals surface area contributed by atoms with E-state index in [1.165, 1.54) is 36.7 Å². The van der Waals surface area contributed by atoms with Gasteiger partial charge in [-0.1, -0.05) is 23.4 Å². The number of alkyl halides is 3. The van der Waals surface area contributed by atoms with Crippen LogP contribution in [0.2, 0.25) is 5.02 Å². The normalized spacial score (nSPS) is 11.2. The highest BCUT2D eigenvalue weighted by Crippen LogP contribution is 2.32. The largest absolute Gasteiger partial charge is 0.619 e. The van der Waals surface area contributed by atoms with Crippen molar-refractivity contribution in [2.75, 3.05) is 11.9 Å². The summed E-state index contributed by atoms with van der Waals surface area (Å²) in [6, 6.07) is 13.0. The molecule has 47 heavy (non-hydrogen) atoms. The van der Waals surface area contributed by atoms with E-state index in [1.54, 1.807) is 39.0 Å². The summed E-state index contributed by atoms with van der Waals surface area (Å²) in [5.74, 6) is 2.57. The minimum absolute atomic E-state index is 0.0662. The molecule has 0 radical (unpaired) electrons. The summed E-state index contributed by atoms with van der Waals surface area (Å²) in [6.07, 6.45) is -2.45. The van der Waals surface area contributed by atoms with Gasteiger partial charge in [0.05, 0.1) is 22.2 Å². The number of aryl methyl sites for hydroxylation is 1. The molecule has 1 aromatic heterocycles. The van der Waals surface area contributed by atoms with Gasteiger partial charge >= 0.3 is 6.18 Å². The van der Waals surface area contributed by atoms with Crippen LogP contribution in [0.1, 0.15) is 56.8 Å². The maximum absolute atomic E-state index is 13.9. The van der Waals surface area contributed by atoms with Crippen molar-refractivity contribution in [2.24, 2.45) is 0 Å². The zero-order chi connectivity index (χ0) is 34.5. The molecular formula is C34H26ClF4N3O5. The van der Waals surface area contributed by atoms with Crippen LogP contribution in [-0.2, 0) is 11.0 Å². The van der Waals surface area contributed by atoms with E-state index in [-0.39, 0.29) is 22.4 Å². The zero-order valence-corrected chi connectivity index (χ0v) is 25.8. The summed E-state index contributed by atoms with van der Waals surface area (Å²) in [5, 5.41) is 16.7. The number of ketones is 1. The molecule has 0 saturated heterocycles. The number of carbonyl (C=O) groups is 3. The highest BCUT2D eigenvalue weighted by atomic mass is 35.5. The van der Waals surface area contributed by atoms with E-state index in [9.17, 15) is 37.2 Å². The molecule has 0 atom stereocenters. The van der Waals surface area contributed by atoms with Crippen molar-refractivity contribution in [3.8, 4) is 17.6 Å². The topological polar surface area (TPSA) is 111 Å². The molecule has 0 bridgehead atoms. The molecule has 0 fully saturated rings. The quantitative estimate of drug-likeness (QED) is 0.0759. The Kier molecular flexibility index (Phi) is 10.2. The summed E-state index contributed by atoms with van der Waals surface area (Å²) in [5.41, 5.74) is -1.11. The fourth-order valence-corrected chi connectivity index (χ4v) is 4.41. The molecule has 0 unspecified atom stereocenters. The fourth-order valence-electron chi connectivity index (χ4n) is 4.24. The van der Waals surface area contributed by atoms with Crippen LogP contribution in [0.5, 0.6) is 5.75 Å². The Hall–Kier alpha value is -5.41. The molecule has 13 heteroatoms. The lowest BCUT2D eigenvalue weighted by molar-refractivity contribution is -0.605. The molecule has 2 amide bonds. The van der Waals surface area contributed by atoms with Crippen molar-refractivity contribution in [3.05, 3.63) is 129 Å². The Morgan fingerprint density at radius 3 is 2.32 bits per heavy atom. The van der Waals surface area contributed by atoms with Gasteiger partial charge < -0.3 is 20.6 Å². The minimum atomic E-state index is -4.88. The summed E-state index contributed by atoms with van der Waals surface area (Å²) in [7, 11) is 0. The molecule has 0 saturated carbocycles. The number of pyridine rings is 1. The lowest BCUT2D eigenvalue weighted by atomic mass is 10.00. The molecule has 0 aliphatic heterocycles. The van der Waals surface area contributed by atoms with E-state index in [1.807, 2.05) is 0 Å². The highest BCUT2D eigenvalue weighted by molar-refractivity contribution is 6.31. The molecule has 1 heterocycles. The first-order valence-corrected chi connectivity index (χ1v) is 14.2. The summed E-state index contributed by atoms with van der Waals surface area (Å²) in [6.45, 7) is 4.59. The van der Waals surface area contributed by atoms with Crippen molar-refractivity contribution >= 4 is 34.9 Å². The number of nitrogens with one attached hydrogen (secondary N) is 2. The smallest absolute Gasteiger partial charge is 0.416 e. The SMILES string of the molecule is Cc1cc(C#CC(C)(C)NC(=O)c2cc[n+]([O-])cc2)ccc1NC(=O)COc1ccc(Cl)cc1C(=O)c1cc(F)cc(C(F)(F)F)c1. The number of ether oxygens (including phenoxy) is 1. The molecule has 0 aliphatic rings. The van der Waals surface area contributed by atoms with Crippen LogP contribution in [0.3, 0.4) is 0 Å². The third-order valence-electron chi connectivity index (χ3n) is 6.54. The number of hydrogen-bond acceptors (Lipinski definition) is 5. The van der Waals surface area contributed by atoms with Gasteiger partial charge in [0.1, 0.15) is 11.6 Å². The number of halogens is 5. The Morgan fingerprint density at radius 2 is 1.66 bits per heavy atom. The van der Waals surface area contributed by atoms with E-state index in [2.05, 4.69) is 22.5 Å². The van der Waals surface area contributed by atoms with Crippen LogP contribution in [-0.4, -0.2) is 29.7 Å². The number of rotatable bonds is 8. The first-order chi connectivity index (χ1) is 22.0. The Morgan fingerprint density at radius 1 is 0.957 bits per heavy atom. The van der Waals surface area contributed by atoms with Gasteiger partial charge in [-0.3, -0.25) is 14.4 Å². The molecular weight excluding hydrogens is 642 g/mol. The predicted octanol–water partition coefficient (Wildman–Crippen LogP) is 6.25. The number of hydrogen-bond donors (Lipinski definition) is 2. The maximum Gasteiger partial charge on any atom is 0.416 e. The van der Waals surface area contributed by atoms with Crippen LogP contribution in [0, 0.1) is 29.8 Å². The average Bonchev–Trinajstić information content (AvgIpc) is 2.99. The molecule has 0 aliphatic carbocycles. The minimum Gasteiger partial charge on any atom is -0.619 e. The Labute approximate surface area is 271 Å². The molecule has 4 aromatic rings. The van der Waals surface area contributed by atoms with E-state index < -0.39 is 52.9 Å². The number of anilines is 1. The third-order valence-corrected chi connectivity index (χ3v) is 6.78. The number of amides is 2. The summed E-state index contributed by atoms with van der Waals surface area (Å²) >= 11 is 6.00. The maximum atomic E-state index is 13.9. The van der Waals surface area contributed by atoms with Crippen LogP contribution in [0.15, 0.2) is 79.1 Å². The van der Waals surface area contributed by atoms with Crippen LogP contribution < -0.4 is 20.1 Å². The van der Waals surface area contributed by atoms with Gasteiger partial charge in [-0.15, -0.1) is 0 Å². The number of nitrogens with zero attached hydrogens (tertiary/aromatic N) is 1. The fraction of sp³-hybridized carbons (Fsp3) is 0.176. The third kappa shape index (κ3) is 9.31. The predicted molar refractivity (Wildman–Crippen MR) is 165 cm³/mol. The van der Waals surface area contributed by atoms with Crippen LogP contribution in [0.4, 0.5) is 23.2 Å². The van der Waals surface area contributed by atoms with Gasteiger partial charge in [-0.2, -0.15) is 17.9 Å². The van der Waals surface area contributed by atoms with Crippen molar-refractivity contribution in [1.82, 2.24) is 5.32 Å². The van der Waals surface area contributed by atoms with E-state index >= 15 is 0 Å². The van der Waals surface area contributed by atoms with Gasteiger partial charge in [0.25, 0.3) is 11.8 Å². The standard InChI is InChI=1S/C34H26ClF4N3O5/c1-20-14-21(8-11-33(2,3)41-32(45)22-9-12-42(46)13-10-22)4-6-28(20)40-30(43)19-47-29-7-5-25(35)18-27(29)31(44)23-15-24(34(37,38)39)17-26(36)16-23/h4-7,9-10,12-18H,19H2,1-3H3,(H,40,43)(H,41,45). The number of carbonyl (C=O) groups excluding carboxylic acids is 3. The van der Waals surface area contributed by atoms with Crippen LogP contribution in [0.25, 0.3) is 0 Å². The van der Waals surface area contributed by atoms with E-state index in [0.29, 0.717) is 39.2 Å². The lowest BCUT2D eigenvalue weighted by Gasteiger charge is -2.19. The molecule has 4 rings (SSSR count). The zero-order valence-electron chi connectivity index (χ0n) is 25.1.